The molecule has 14 heteroatoms. The predicted octanol–water partition coefficient (Wildman–Crippen LogP) is 6.54. The van der Waals surface area contributed by atoms with Crippen LogP contribution in [-0.4, -0.2) is 59.1 Å². The minimum Gasteiger partial charge on any atom is -0.466 e. The number of benzene rings is 1. The summed E-state index contributed by atoms with van der Waals surface area (Å²) in [4.78, 5) is 43.7. The fourth-order valence-corrected chi connectivity index (χ4v) is 5.61. The minimum atomic E-state index is -5.03. The van der Waals surface area contributed by atoms with E-state index in [-0.39, 0.29) is 47.6 Å². The number of hydrogen-bond acceptors (Lipinski definition) is 7. The standard InChI is InChI=1S/C28H28BrCl2F3N4O4/c1-2-42-27(41)16-7-9-18(10-8-16)37-25(28(32,33)34)19(11-35)26(40)38(14-17-5-3-4-6-20(17)29)15-23(39)24-21(30)12-36-13-22(24)31/h3-6,11-13,16,18,35,37H,2,7-10,14-15H2,1H3/b25-19+,35-11?/t16-,18-. The van der Waals surface area contributed by atoms with Crippen LogP contribution in [0.4, 0.5) is 13.2 Å². The van der Waals surface area contributed by atoms with Gasteiger partial charge in [0.2, 0.25) is 0 Å². The zero-order chi connectivity index (χ0) is 31.0. The molecule has 226 valence electrons. The first kappa shape index (κ1) is 33.5. The molecule has 1 amide bonds. The van der Waals surface area contributed by atoms with Gasteiger partial charge in [-0.3, -0.25) is 19.4 Å². The van der Waals surface area contributed by atoms with Crippen molar-refractivity contribution >= 4 is 63.0 Å². The van der Waals surface area contributed by atoms with Crippen LogP contribution < -0.4 is 5.32 Å². The van der Waals surface area contributed by atoms with Crippen molar-refractivity contribution in [2.24, 2.45) is 5.92 Å². The van der Waals surface area contributed by atoms with Crippen LogP contribution in [-0.2, 0) is 20.9 Å². The molecule has 0 unspecified atom stereocenters. The highest BCUT2D eigenvalue weighted by atomic mass is 79.9. The average Bonchev–Trinajstić information content (AvgIpc) is 2.93. The van der Waals surface area contributed by atoms with Crippen LogP contribution in [0.15, 0.2) is 52.4 Å². The number of alkyl halides is 3. The Morgan fingerprint density at radius 1 is 1.14 bits per heavy atom. The Bertz CT molecular complexity index is 1340. The highest BCUT2D eigenvalue weighted by molar-refractivity contribution is 9.10. The first-order valence-corrected chi connectivity index (χ1v) is 14.5. The first-order chi connectivity index (χ1) is 19.9. The summed E-state index contributed by atoms with van der Waals surface area (Å²) in [6.07, 6.45) is -1.26. The van der Waals surface area contributed by atoms with Gasteiger partial charge in [-0.05, 0) is 44.2 Å². The highest BCUT2D eigenvalue weighted by Gasteiger charge is 2.41. The van der Waals surface area contributed by atoms with Gasteiger partial charge in [0.15, 0.2) is 5.78 Å². The third-order valence-electron chi connectivity index (χ3n) is 6.70. The van der Waals surface area contributed by atoms with Crippen LogP contribution in [0, 0.1) is 11.3 Å². The predicted molar refractivity (Wildman–Crippen MR) is 156 cm³/mol. The molecule has 1 saturated carbocycles. The zero-order valence-electron chi connectivity index (χ0n) is 22.4. The number of halogens is 6. The molecule has 2 N–H and O–H groups in total. The van der Waals surface area contributed by atoms with Crippen molar-refractivity contribution in [1.29, 1.82) is 5.41 Å². The molecule has 0 spiro atoms. The Hall–Kier alpha value is -2.96. The largest absolute Gasteiger partial charge is 0.466 e. The van der Waals surface area contributed by atoms with Crippen molar-refractivity contribution in [2.75, 3.05) is 13.2 Å². The molecule has 42 heavy (non-hydrogen) atoms. The SMILES string of the molecule is CCOC(=O)[C@H]1CC[C@H](N/C(=C(\C=N)C(=O)N(CC(=O)c2c(Cl)cncc2Cl)Cc2ccccc2Br)C(F)(F)F)CC1. The normalized spacial score (nSPS) is 17.6. The maximum absolute atomic E-state index is 14.4. The third kappa shape index (κ3) is 8.54. The van der Waals surface area contributed by atoms with E-state index in [2.05, 4.69) is 26.2 Å². The summed E-state index contributed by atoms with van der Waals surface area (Å²) in [7, 11) is 0. The van der Waals surface area contributed by atoms with Crippen molar-refractivity contribution in [2.45, 2.75) is 51.4 Å². The number of nitrogens with one attached hydrogen (secondary N) is 2. The van der Waals surface area contributed by atoms with Gasteiger partial charge in [0.25, 0.3) is 5.91 Å². The number of pyridine rings is 1. The Labute approximate surface area is 259 Å². The van der Waals surface area contributed by atoms with E-state index in [9.17, 15) is 27.6 Å². The quantitative estimate of drug-likeness (QED) is 0.120. The zero-order valence-corrected chi connectivity index (χ0v) is 25.5. The summed E-state index contributed by atoms with van der Waals surface area (Å²) in [6.45, 7) is 0.937. The van der Waals surface area contributed by atoms with Gasteiger partial charge in [-0.1, -0.05) is 57.3 Å². The van der Waals surface area contributed by atoms with Gasteiger partial charge < -0.3 is 20.4 Å². The maximum Gasteiger partial charge on any atom is 0.431 e. The summed E-state index contributed by atoms with van der Waals surface area (Å²) < 4.78 is 48.7. The molecule has 3 rings (SSSR count). The Kier molecular flexibility index (Phi) is 12.0. The van der Waals surface area contributed by atoms with Crippen LogP contribution in [0.5, 0.6) is 0 Å². The molecule has 0 radical (unpaired) electrons. The van der Waals surface area contributed by atoms with Crippen molar-refractivity contribution in [1.82, 2.24) is 15.2 Å². The summed E-state index contributed by atoms with van der Waals surface area (Å²) >= 11 is 15.6. The van der Waals surface area contributed by atoms with E-state index < -0.39 is 47.6 Å². The van der Waals surface area contributed by atoms with Gasteiger partial charge in [-0.15, -0.1) is 0 Å². The number of allylic oxidation sites excluding steroid dienone is 1. The molecule has 1 heterocycles. The Morgan fingerprint density at radius 2 is 1.76 bits per heavy atom. The topological polar surface area (TPSA) is 112 Å². The molecular weight excluding hydrogens is 664 g/mol. The van der Waals surface area contributed by atoms with Crippen LogP contribution in [0.2, 0.25) is 10.0 Å². The monoisotopic (exact) mass is 690 g/mol. The lowest BCUT2D eigenvalue weighted by Crippen LogP contribution is -2.43. The van der Waals surface area contributed by atoms with E-state index >= 15 is 0 Å². The van der Waals surface area contributed by atoms with Crippen LogP contribution in [0.1, 0.15) is 48.5 Å². The number of Topliss-reactive ketones (excluding diaryl/α,β-unsaturated/α-hetero) is 1. The van der Waals surface area contributed by atoms with Crippen molar-refractivity contribution < 1.29 is 32.3 Å². The fourth-order valence-electron chi connectivity index (χ4n) is 4.62. The molecule has 0 aliphatic heterocycles. The van der Waals surface area contributed by atoms with E-state index in [1.54, 1.807) is 31.2 Å². The summed E-state index contributed by atoms with van der Waals surface area (Å²) in [5.41, 5.74) is -1.99. The number of carbonyl (C=O) groups is 3. The van der Waals surface area contributed by atoms with E-state index in [1.165, 1.54) is 12.4 Å². The fraction of sp³-hybridized carbons (Fsp3) is 0.393. The number of amides is 1. The van der Waals surface area contributed by atoms with Gasteiger partial charge >= 0.3 is 12.1 Å². The van der Waals surface area contributed by atoms with Crippen LogP contribution in [0.3, 0.4) is 0 Å². The number of rotatable bonds is 11. The number of nitrogens with zero attached hydrogens (tertiary/aromatic N) is 2. The molecule has 1 fully saturated rings. The highest BCUT2D eigenvalue weighted by Crippen LogP contribution is 2.32. The summed E-state index contributed by atoms with van der Waals surface area (Å²) in [6, 6.07) is 6.00. The van der Waals surface area contributed by atoms with Gasteiger partial charge in [-0.2, -0.15) is 13.2 Å². The molecule has 0 atom stereocenters. The van der Waals surface area contributed by atoms with E-state index in [1.807, 2.05) is 0 Å². The number of carbonyl (C=O) groups excluding carboxylic acids is 3. The molecule has 8 nitrogen and oxygen atoms in total. The maximum atomic E-state index is 14.4. The van der Waals surface area contributed by atoms with E-state index in [4.69, 9.17) is 33.3 Å². The second-order valence-corrected chi connectivity index (χ2v) is 11.2. The molecule has 1 aromatic heterocycles. The second kappa shape index (κ2) is 15.0. The van der Waals surface area contributed by atoms with Gasteiger partial charge in [0, 0.05) is 35.7 Å². The smallest absolute Gasteiger partial charge is 0.431 e. The number of esters is 1. The van der Waals surface area contributed by atoms with E-state index in [0.29, 0.717) is 29.1 Å². The van der Waals surface area contributed by atoms with Gasteiger partial charge in [0.05, 0.1) is 40.3 Å². The molecular formula is C28H28BrCl2F3N4O4. The second-order valence-electron chi connectivity index (χ2n) is 9.53. The van der Waals surface area contributed by atoms with Gasteiger partial charge in [0.1, 0.15) is 5.70 Å². The molecule has 1 aliphatic rings. The average molecular weight is 692 g/mol. The summed E-state index contributed by atoms with van der Waals surface area (Å²) in [5.74, 6) is -2.73. The molecule has 1 aromatic carbocycles. The Morgan fingerprint density at radius 3 is 2.31 bits per heavy atom. The van der Waals surface area contributed by atoms with Crippen molar-refractivity contribution in [3.05, 3.63) is 73.6 Å². The number of aromatic nitrogens is 1. The minimum absolute atomic E-state index is 0.0836. The lowest BCUT2D eigenvalue weighted by Gasteiger charge is -2.31. The molecule has 0 bridgehead atoms. The number of ketones is 1. The lowest BCUT2D eigenvalue weighted by molar-refractivity contribution is -0.149. The van der Waals surface area contributed by atoms with Crippen LogP contribution >= 0.6 is 39.1 Å². The summed E-state index contributed by atoms with van der Waals surface area (Å²) in [5, 5.41) is 10.1. The third-order valence-corrected chi connectivity index (χ3v) is 8.04. The molecule has 1 aliphatic carbocycles. The van der Waals surface area contributed by atoms with E-state index in [0.717, 1.165) is 4.90 Å². The number of ether oxygens (including phenoxy) is 1. The first-order valence-electron chi connectivity index (χ1n) is 13.0. The number of hydrogen-bond donors (Lipinski definition) is 2. The van der Waals surface area contributed by atoms with Crippen LogP contribution in [0.25, 0.3) is 0 Å². The van der Waals surface area contributed by atoms with Gasteiger partial charge in [-0.25, -0.2) is 0 Å². The molecule has 0 saturated heterocycles. The Balaban J connectivity index is 1.96. The van der Waals surface area contributed by atoms with Crippen molar-refractivity contribution in [3.63, 3.8) is 0 Å². The lowest BCUT2D eigenvalue weighted by atomic mass is 9.86. The molecule has 2 aromatic rings. The van der Waals surface area contributed by atoms with Crippen molar-refractivity contribution in [3.8, 4) is 0 Å².